The Kier molecular flexibility index (Phi) is 5.15. The lowest BCUT2D eigenvalue weighted by atomic mass is 9.83. The van der Waals surface area contributed by atoms with Gasteiger partial charge in [0.1, 0.15) is 0 Å². The van der Waals surface area contributed by atoms with Crippen molar-refractivity contribution in [3.63, 3.8) is 0 Å². The van der Waals surface area contributed by atoms with Crippen molar-refractivity contribution in [3.8, 4) is 0 Å². The minimum absolute atomic E-state index is 0.0339. The minimum atomic E-state index is -0.301. The molecule has 0 radical (unpaired) electrons. The highest BCUT2D eigenvalue weighted by Gasteiger charge is 2.39. The van der Waals surface area contributed by atoms with Crippen molar-refractivity contribution in [1.82, 2.24) is 10.6 Å². The predicted octanol–water partition coefficient (Wildman–Crippen LogP) is 1.10. The maximum absolute atomic E-state index is 12.5. The number of nitrogens with one attached hydrogen (secondary N) is 2. The van der Waals surface area contributed by atoms with Crippen LogP contribution in [-0.2, 0) is 11.2 Å². The molecule has 2 atom stereocenters. The number of aliphatic hydroxyl groups is 1. The molecule has 20 heavy (non-hydrogen) atoms. The van der Waals surface area contributed by atoms with Crippen molar-refractivity contribution < 1.29 is 9.90 Å². The standard InChI is InChI=1S/C16H24N2O2/c1-2-16(8-9-17-12-16)15(20)18-14(11-19)10-13-6-4-3-5-7-13/h3-7,14,17,19H,2,8-12H2,1H3,(H,18,20)/t14-,16?/m1/s1. The summed E-state index contributed by atoms with van der Waals surface area (Å²) in [6.07, 6.45) is 2.37. The molecule has 110 valence electrons. The van der Waals surface area contributed by atoms with Crippen molar-refractivity contribution in [1.29, 1.82) is 0 Å². The highest BCUT2D eigenvalue weighted by atomic mass is 16.3. The number of carbonyl (C=O) groups is 1. The molecule has 4 nitrogen and oxygen atoms in total. The highest BCUT2D eigenvalue weighted by molar-refractivity contribution is 5.83. The molecule has 1 aliphatic rings. The summed E-state index contributed by atoms with van der Waals surface area (Å²) in [5, 5.41) is 15.8. The van der Waals surface area contributed by atoms with Crippen LogP contribution in [-0.4, -0.2) is 36.8 Å². The van der Waals surface area contributed by atoms with Gasteiger partial charge in [-0.2, -0.15) is 0 Å². The van der Waals surface area contributed by atoms with Crippen LogP contribution >= 0.6 is 0 Å². The minimum Gasteiger partial charge on any atom is -0.394 e. The number of amides is 1. The molecule has 0 bridgehead atoms. The first-order valence-electron chi connectivity index (χ1n) is 7.36. The summed E-state index contributed by atoms with van der Waals surface area (Å²) in [6, 6.07) is 9.73. The van der Waals surface area contributed by atoms with Crippen LogP contribution in [0.25, 0.3) is 0 Å². The van der Waals surface area contributed by atoms with E-state index in [-0.39, 0.29) is 24.0 Å². The molecule has 3 N–H and O–H groups in total. The smallest absolute Gasteiger partial charge is 0.227 e. The van der Waals surface area contributed by atoms with Gasteiger partial charge in [-0.3, -0.25) is 4.79 Å². The SMILES string of the molecule is CCC1(C(=O)N[C@@H](CO)Cc2ccccc2)CCNC1. The molecule has 0 spiro atoms. The van der Waals surface area contributed by atoms with Crippen molar-refractivity contribution >= 4 is 5.91 Å². The molecule has 1 aromatic carbocycles. The maximum Gasteiger partial charge on any atom is 0.227 e. The summed E-state index contributed by atoms with van der Waals surface area (Å²) in [4.78, 5) is 12.5. The summed E-state index contributed by atoms with van der Waals surface area (Å²) in [7, 11) is 0. The van der Waals surface area contributed by atoms with E-state index in [1.165, 1.54) is 0 Å². The summed E-state index contributed by atoms with van der Waals surface area (Å²) in [6.45, 7) is 3.65. The molecular formula is C16H24N2O2. The molecule has 1 aromatic rings. The Labute approximate surface area is 120 Å². The second-order valence-corrected chi connectivity index (χ2v) is 5.60. The molecule has 1 heterocycles. The molecule has 1 aliphatic heterocycles. The van der Waals surface area contributed by atoms with Gasteiger partial charge in [0.05, 0.1) is 18.1 Å². The highest BCUT2D eigenvalue weighted by Crippen LogP contribution is 2.29. The van der Waals surface area contributed by atoms with E-state index in [1.54, 1.807) is 0 Å². The Bertz CT molecular complexity index is 427. The molecule has 4 heteroatoms. The van der Waals surface area contributed by atoms with Crippen molar-refractivity contribution in [2.45, 2.75) is 32.2 Å². The van der Waals surface area contributed by atoms with E-state index in [9.17, 15) is 9.90 Å². The first-order valence-corrected chi connectivity index (χ1v) is 7.36. The Morgan fingerprint density at radius 2 is 2.20 bits per heavy atom. The van der Waals surface area contributed by atoms with Crippen LogP contribution in [0.2, 0.25) is 0 Å². The Morgan fingerprint density at radius 3 is 2.75 bits per heavy atom. The molecule has 0 aromatic heterocycles. The molecule has 1 amide bonds. The summed E-state index contributed by atoms with van der Waals surface area (Å²) >= 11 is 0. The topological polar surface area (TPSA) is 61.4 Å². The Balaban J connectivity index is 1.97. The van der Waals surface area contributed by atoms with E-state index < -0.39 is 0 Å². The lowest BCUT2D eigenvalue weighted by Gasteiger charge is -2.28. The number of rotatable bonds is 6. The quantitative estimate of drug-likeness (QED) is 0.729. The summed E-state index contributed by atoms with van der Waals surface area (Å²) in [5.41, 5.74) is 0.825. The van der Waals surface area contributed by atoms with E-state index >= 15 is 0 Å². The van der Waals surface area contributed by atoms with Crippen LogP contribution in [0.4, 0.5) is 0 Å². The zero-order valence-electron chi connectivity index (χ0n) is 12.1. The largest absolute Gasteiger partial charge is 0.394 e. The molecule has 1 fully saturated rings. The van der Waals surface area contributed by atoms with Crippen molar-refractivity contribution in [3.05, 3.63) is 35.9 Å². The number of hydrogen-bond acceptors (Lipinski definition) is 3. The van der Waals surface area contributed by atoms with Crippen LogP contribution in [0.15, 0.2) is 30.3 Å². The third-order valence-corrected chi connectivity index (χ3v) is 4.28. The molecule has 2 rings (SSSR count). The van der Waals surface area contributed by atoms with Gasteiger partial charge in [0.25, 0.3) is 0 Å². The van der Waals surface area contributed by atoms with Crippen molar-refractivity contribution in [2.75, 3.05) is 19.7 Å². The van der Waals surface area contributed by atoms with Gasteiger partial charge in [0.15, 0.2) is 0 Å². The van der Waals surface area contributed by atoms with Crippen LogP contribution < -0.4 is 10.6 Å². The second-order valence-electron chi connectivity index (χ2n) is 5.60. The third kappa shape index (κ3) is 3.38. The molecule has 1 saturated heterocycles. The fourth-order valence-corrected chi connectivity index (χ4v) is 2.80. The van der Waals surface area contributed by atoms with Crippen LogP contribution in [0.1, 0.15) is 25.3 Å². The van der Waals surface area contributed by atoms with Crippen molar-refractivity contribution in [2.24, 2.45) is 5.41 Å². The fraction of sp³-hybridized carbons (Fsp3) is 0.562. The van der Waals surface area contributed by atoms with Crippen LogP contribution in [0.3, 0.4) is 0 Å². The zero-order chi connectivity index (χ0) is 14.4. The number of carbonyl (C=O) groups excluding carboxylic acids is 1. The fourth-order valence-electron chi connectivity index (χ4n) is 2.80. The van der Waals surface area contributed by atoms with Gasteiger partial charge in [-0.05, 0) is 31.4 Å². The van der Waals surface area contributed by atoms with Gasteiger partial charge in [-0.25, -0.2) is 0 Å². The lowest BCUT2D eigenvalue weighted by molar-refractivity contribution is -0.131. The van der Waals surface area contributed by atoms with Gasteiger partial charge in [0.2, 0.25) is 5.91 Å². The average Bonchev–Trinajstić information content (AvgIpc) is 2.97. The number of aliphatic hydroxyl groups excluding tert-OH is 1. The zero-order valence-corrected chi connectivity index (χ0v) is 12.1. The normalized spacial score (nSPS) is 23.5. The van der Waals surface area contributed by atoms with E-state index in [4.69, 9.17) is 0 Å². The Morgan fingerprint density at radius 1 is 1.45 bits per heavy atom. The predicted molar refractivity (Wildman–Crippen MR) is 79.4 cm³/mol. The number of benzene rings is 1. The first kappa shape index (κ1) is 15.0. The lowest BCUT2D eigenvalue weighted by Crippen LogP contribution is -2.48. The Hall–Kier alpha value is -1.39. The summed E-state index contributed by atoms with van der Waals surface area (Å²) < 4.78 is 0. The van der Waals surface area contributed by atoms with E-state index in [0.717, 1.165) is 31.5 Å². The number of hydrogen-bond donors (Lipinski definition) is 3. The second kappa shape index (κ2) is 6.86. The van der Waals surface area contributed by atoms with Gasteiger partial charge < -0.3 is 15.7 Å². The monoisotopic (exact) mass is 276 g/mol. The van der Waals surface area contributed by atoms with Gasteiger partial charge in [-0.1, -0.05) is 37.3 Å². The van der Waals surface area contributed by atoms with E-state index in [2.05, 4.69) is 17.6 Å². The molecular weight excluding hydrogens is 252 g/mol. The van der Waals surface area contributed by atoms with Gasteiger partial charge in [-0.15, -0.1) is 0 Å². The third-order valence-electron chi connectivity index (χ3n) is 4.28. The maximum atomic E-state index is 12.5. The van der Waals surface area contributed by atoms with E-state index in [1.807, 2.05) is 30.3 Å². The molecule has 0 saturated carbocycles. The summed E-state index contributed by atoms with van der Waals surface area (Å²) in [5.74, 6) is 0.0694. The van der Waals surface area contributed by atoms with E-state index in [0.29, 0.717) is 6.42 Å². The molecule has 0 aliphatic carbocycles. The average molecular weight is 276 g/mol. The molecule has 1 unspecified atom stereocenters. The van der Waals surface area contributed by atoms with Crippen LogP contribution in [0, 0.1) is 5.41 Å². The first-order chi connectivity index (χ1) is 9.70. The van der Waals surface area contributed by atoms with Gasteiger partial charge >= 0.3 is 0 Å². The van der Waals surface area contributed by atoms with Crippen LogP contribution in [0.5, 0.6) is 0 Å². The van der Waals surface area contributed by atoms with Gasteiger partial charge in [0, 0.05) is 6.54 Å².